The second kappa shape index (κ2) is 22.0. The van der Waals surface area contributed by atoms with Crippen LogP contribution in [0, 0.1) is 5.92 Å². The lowest BCUT2D eigenvalue weighted by Gasteiger charge is -2.42. The van der Waals surface area contributed by atoms with Crippen LogP contribution in [-0.4, -0.2) is 138 Å². The number of carbonyl (C=O) groups excluding carboxylic acids is 7. The number of hydrogen-bond donors (Lipinski definition) is 2. The Kier molecular flexibility index (Phi) is 17.5. The van der Waals surface area contributed by atoms with E-state index in [1.54, 1.807) is 45.2 Å². The Bertz CT molecular complexity index is 2060. The molecule has 21 heteroatoms. The number of ether oxygens (including phenoxy) is 5. The summed E-state index contributed by atoms with van der Waals surface area (Å²) in [5.74, 6) is -3.22. The smallest absolute Gasteiger partial charge is 0.409 e. The van der Waals surface area contributed by atoms with Gasteiger partial charge in [0.1, 0.15) is 40.7 Å². The summed E-state index contributed by atoms with van der Waals surface area (Å²) >= 11 is 6.79. The average Bonchev–Trinajstić information content (AvgIpc) is 3.87. The van der Waals surface area contributed by atoms with Crippen molar-refractivity contribution < 1.29 is 67.2 Å². The number of hydroxylamine groups is 2. The average molecular weight is 968 g/mol. The number of rotatable bonds is 14. The molecule has 1 aromatic rings. The number of esters is 1. The van der Waals surface area contributed by atoms with Crippen molar-refractivity contribution in [2.45, 2.75) is 133 Å². The molecule has 3 fully saturated rings. The highest BCUT2D eigenvalue weighted by Crippen LogP contribution is 2.49. The quantitative estimate of drug-likeness (QED) is 0.0818. The van der Waals surface area contributed by atoms with Crippen LogP contribution in [0.25, 0.3) is 0 Å². The van der Waals surface area contributed by atoms with Gasteiger partial charge in [0, 0.05) is 70.2 Å². The first-order valence-corrected chi connectivity index (χ1v) is 24.1. The van der Waals surface area contributed by atoms with Gasteiger partial charge in [-0.15, -0.1) is 5.06 Å². The standard InChI is InChI=1S/C44H59ClN4O14S2/c1-24-11-10-12-32(59-9)44(57)23-31(60-42(56)46-44)26(3)40-43(5,62-40)33(22-37(53)48(7)29-20-28(19-24)21-30(58-8)39(29)45)61-41(55)27(4)47(6)34(50)17-18-64-65-25(2)13-16-38(54)63-49-35(51)14-15-36(49)52/h10-12,20-21,25-27,31-33,40,57H,13-19,22-23H2,1-9H3,(H,46,56)/t25?,26-,27+,31+,32-,33+,40+,43+,44+/m1/s1. The molecule has 4 bridgehead atoms. The first-order chi connectivity index (χ1) is 30.6. The molecule has 3 saturated heterocycles. The lowest BCUT2D eigenvalue weighted by atomic mass is 9.83. The van der Waals surface area contributed by atoms with Crippen LogP contribution < -0.4 is 15.0 Å². The zero-order valence-corrected chi connectivity index (χ0v) is 40.5. The van der Waals surface area contributed by atoms with Gasteiger partial charge in [0.05, 0.1) is 25.3 Å². The van der Waals surface area contributed by atoms with Gasteiger partial charge in [-0.05, 0) is 51.3 Å². The molecular weight excluding hydrogens is 908 g/mol. The number of methoxy groups -OCH3 is 2. The number of carbonyl (C=O) groups is 7. The SMILES string of the molecule is COc1cc2cc(c1Cl)N(C)C(=O)C[C@H](OC(=O)[C@H](C)N(C)C(=O)CCSSC(C)CCC(=O)ON1C(=O)CCC1=O)[C@]1(C)O[C@H]1[C@H](C)[C@@H]1C[C@@](O)(NC(=O)O1)[C@H](OC)C=CC=C(C)C2. The van der Waals surface area contributed by atoms with Gasteiger partial charge in [0.2, 0.25) is 11.8 Å². The maximum atomic E-state index is 14.3. The molecular formula is C44H59ClN4O14S2. The Hall–Kier alpha value is -4.34. The number of nitrogens with zero attached hydrogens (tertiary/aromatic N) is 3. The minimum absolute atomic E-state index is 0.00554. The molecule has 4 aliphatic heterocycles. The number of alkyl carbamates (subject to hydrolysis) is 1. The van der Waals surface area contributed by atoms with Crippen LogP contribution in [-0.2, 0) is 59.0 Å². The monoisotopic (exact) mass is 966 g/mol. The van der Waals surface area contributed by atoms with E-state index >= 15 is 0 Å². The zero-order chi connectivity index (χ0) is 48.0. The third kappa shape index (κ3) is 12.6. The summed E-state index contributed by atoms with van der Waals surface area (Å²) in [5.41, 5.74) is -1.10. The highest BCUT2D eigenvalue weighted by atomic mass is 35.5. The van der Waals surface area contributed by atoms with Gasteiger partial charge < -0.3 is 43.4 Å². The van der Waals surface area contributed by atoms with E-state index in [1.165, 1.54) is 59.6 Å². The molecule has 0 aromatic heterocycles. The van der Waals surface area contributed by atoms with E-state index in [2.05, 4.69) is 5.32 Å². The number of hydrogen-bond acceptors (Lipinski definition) is 16. The molecule has 9 atom stereocenters. The molecule has 4 aliphatic rings. The molecule has 4 heterocycles. The molecule has 0 radical (unpaired) electrons. The maximum Gasteiger partial charge on any atom is 0.409 e. The van der Waals surface area contributed by atoms with Gasteiger partial charge in [-0.2, -0.15) is 0 Å². The second-order valence-corrected chi connectivity index (χ2v) is 20.3. The van der Waals surface area contributed by atoms with Crippen LogP contribution in [0.2, 0.25) is 5.02 Å². The third-order valence-corrected chi connectivity index (χ3v) is 15.5. The van der Waals surface area contributed by atoms with Crippen LogP contribution in [0.3, 0.4) is 0 Å². The maximum absolute atomic E-state index is 14.3. The predicted octanol–water partition coefficient (Wildman–Crippen LogP) is 5.06. The molecule has 1 aromatic carbocycles. The molecule has 358 valence electrons. The number of likely N-dealkylation sites (N-methyl/N-ethyl adjacent to an activating group) is 1. The fourth-order valence-corrected chi connectivity index (χ4v) is 10.5. The number of epoxide rings is 1. The van der Waals surface area contributed by atoms with Crippen molar-refractivity contribution in [1.29, 1.82) is 0 Å². The largest absolute Gasteiger partial charge is 0.495 e. The molecule has 0 aliphatic carbocycles. The predicted molar refractivity (Wildman–Crippen MR) is 241 cm³/mol. The highest BCUT2D eigenvalue weighted by Gasteiger charge is 2.64. The van der Waals surface area contributed by atoms with Gasteiger partial charge >= 0.3 is 18.0 Å². The van der Waals surface area contributed by atoms with E-state index in [0.717, 1.165) is 11.1 Å². The van der Waals surface area contributed by atoms with Crippen molar-refractivity contribution in [3.05, 3.63) is 46.5 Å². The molecule has 5 amide bonds. The molecule has 65 heavy (non-hydrogen) atoms. The van der Waals surface area contributed by atoms with E-state index < -0.39 is 83.5 Å². The van der Waals surface area contributed by atoms with Gasteiger partial charge in [0.15, 0.2) is 5.72 Å². The number of amides is 5. The number of allylic oxidation sites excluding steroid dienone is 3. The summed E-state index contributed by atoms with van der Waals surface area (Å²) in [6.45, 7) is 8.79. The summed E-state index contributed by atoms with van der Waals surface area (Å²) in [6, 6.07) is 2.47. The normalized spacial score (nSPS) is 28.0. The van der Waals surface area contributed by atoms with Crippen LogP contribution in [0.4, 0.5) is 10.5 Å². The fourth-order valence-electron chi connectivity index (χ4n) is 7.86. The zero-order valence-electron chi connectivity index (χ0n) is 38.1. The van der Waals surface area contributed by atoms with Gasteiger partial charge in [0.25, 0.3) is 11.8 Å². The van der Waals surface area contributed by atoms with Crippen molar-refractivity contribution in [3.63, 3.8) is 0 Å². The van der Waals surface area contributed by atoms with E-state index in [-0.39, 0.29) is 54.7 Å². The molecule has 18 nitrogen and oxygen atoms in total. The second-order valence-electron chi connectivity index (χ2n) is 17.0. The van der Waals surface area contributed by atoms with Gasteiger partial charge in [-0.25, -0.2) is 14.4 Å². The minimum Gasteiger partial charge on any atom is -0.495 e. The molecule has 5 rings (SSSR count). The van der Waals surface area contributed by atoms with E-state index in [1.807, 2.05) is 19.9 Å². The Morgan fingerprint density at radius 3 is 2.45 bits per heavy atom. The molecule has 0 saturated carbocycles. The van der Waals surface area contributed by atoms with Crippen molar-refractivity contribution in [2.24, 2.45) is 5.92 Å². The number of halogens is 1. The van der Waals surface area contributed by atoms with Crippen LogP contribution in [0.1, 0.15) is 85.1 Å². The van der Waals surface area contributed by atoms with Crippen LogP contribution in [0.5, 0.6) is 5.75 Å². The minimum atomic E-state index is -1.86. The summed E-state index contributed by atoms with van der Waals surface area (Å²) in [6.07, 6.45) is 1.05. The first-order valence-electron chi connectivity index (χ1n) is 21.3. The lowest BCUT2D eigenvalue weighted by molar-refractivity contribution is -0.197. The summed E-state index contributed by atoms with van der Waals surface area (Å²) < 4.78 is 29.3. The topological polar surface area (TPSA) is 220 Å². The highest BCUT2D eigenvalue weighted by molar-refractivity contribution is 8.76. The molecule has 2 N–H and O–H groups in total. The Labute approximate surface area is 391 Å². The molecule has 1 unspecified atom stereocenters. The lowest BCUT2D eigenvalue weighted by Crippen LogP contribution is -2.63. The van der Waals surface area contributed by atoms with Crippen molar-refractivity contribution in [1.82, 2.24) is 15.3 Å². The van der Waals surface area contributed by atoms with E-state index in [9.17, 15) is 38.7 Å². The summed E-state index contributed by atoms with van der Waals surface area (Å²) in [4.78, 5) is 97.7. The first kappa shape index (κ1) is 51.6. The number of imide groups is 1. The third-order valence-electron chi connectivity index (χ3n) is 12.1. The van der Waals surface area contributed by atoms with Crippen molar-refractivity contribution in [2.75, 3.05) is 39.0 Å². The number of fused-ring (bicyclic) bond motifs is 5. The van der Waals surface area contributed by atoms with Crippen LogP contribution >= 0.6 is 33.2 Å². The number of nitrogens with one attached hydrogen (secondary N) is 1. The van der Waals surface area contributed by atoms with Crippen molar-refractivity contribution >= 4 is 80.5 Å². The Morgan fingerprint density at radius 2 is 1.78 bits per heavy atom. The van der Waals surface area contributed by atoms with E-state index in [0.29, 0.717) is 35.1 Å². The van der Waals surface area contributed by atoms with Gasteiger partial charge in [-0.1, -0.05) is 70.8 Å². The van der Waals surface area contributed by atoms with Crippen LogP contribution in [0.15, 0.2) is 35.9 Å². The number of aliphatic hydroxyl groups is 1. The fraction of sp³-hybridized carbons (Fsp3) is 0.614. The number of benzene rings is 1. The summed E-state index contributed by atoms with van der Waals surface area (Å²) in [5, 5.41) is 15.0. The number of anilines is 1. The summed E-state index contributed by atoms with van der Waals surface area (Å²) in [7, 11) is 8.79. The van der Waals surface area contributed by atoms with Crippen molar-refractivity contribution in [3.8, 4) is 5.75 Å². The Morgan fingerprint density at radius 1 is 1.09 bits per heavy atom. The van der Waals surface area contributed by atoms with Gasteiger partial charge in [-0.3, -0.25) is 24.5 Å². The van der Waals surface area contributed by atoms with E-state index in [4.69, 9.17) is 40.1 Å². The Balaban J connectivity index is 1.29. The molecule has 0 spiro atoms.